The number of nitrogens with zero attached hydrogens (tertiary/aromatic N) is 2. The van der Waals surface area contributed by atoms with Crippen LogP contribution >= 0.6 is 11.3 Å². The average Bonchev–Trinajstić information content (AvgIpc) is 2.84. The third-order valence-electron chi connectivity index (χ3n) is 3.74. The van der Waals surface area contributed by atoms with Crippen molar-refractivity contribution < 1.29 is 9.53 Å². The van der Waals surface area contributed by atoms with Gasteiger partial charge in [-0.05, 0) is 47.0 Å². The molecule has 6 heteroatoms. The lowest BCUT2D eigenvalue weighted by atomic mass is 10.1. The van der Waals surface area contributed by atoms with Crippen LogP contribution in [0.5, 0.6) is 0 Å². The van der Waals surface area contributed by atoms with Gasteiger partial charge in [-0.2, -0.15) is 0 Å². The zero-order chi connectivity index (χ0) is 16.2. The van der Waals surface area contributed by atoms with Crippen LogP contribution in [0.2, 0.25) is 0 Å². The third-order valence-corrected chi connectivity index (χ3v) is 4.70. The molecule has 0 aliphatic carbocycles. The normalized spacial score (nSPS) is 21.3. The quantitative estimate of drug-likeness (QED) is 0.923. The smallest absolute Gasteiger partial charge is 0.410 e. The van der Waals surface area contributed by atoms with Crippen molar-refractivity contribution in [1.82, 2.24) is 15.2 Å². The van der Waals surface area contributed by atoms with Gasteiger partial charge in [0, 0.05) is 36.2 Å². The number of rotatable bonds is 3. The molecule has 0 spiro atoms. The second kappa shape index (κ2) is 7.42. The van der Waals surface area contributed by atoms with Crippen molar-refractivity contribution in [2.24, 2.45) is 0 Å². The number of thiazole rings is 1. The fourth-order valence-corrected chi connectivity index (χ4v) is 3.28. The molecule has 0 radical (unpaired) electrons. The molecular formula is C16H27N3O2S. The maximum Gasteiger partial charge on any atom is 0.410 e. The first-order valence-corrected chi connectivity index (χ1v) is 8.85. The number of likely N-dealkylation sites (tertiary alicyclic amines) is 1. The van der Waals surface area contributed by atoms with Crippen LogP contribution in [-0.2, 0) is 4.74 Å². The molecule has 22 heavy (non-hydrogen) atoms. The summed E-state index contributed by atoms with van der Waals surface area (Å²) in [7, 11) is 0. The van der Waals surface area contributed by atoms with E-state index in [9.17, 15) is 4.79 Å². The van der Waals surface area contributed by atoms with E-state index in [1.807, 2.05) is 37.4 Å². The Labute approximate surface area is 137 Å². The highest BCUT2D eigenvalue weighted by atomic mass is 32.1. The summed E-state index contributed by atoms with van der Waals surface area (Å²) < 4.78 is 5.47. The van der Waals surface area contributed by atoms with E-state index in [0.29, 0.717) is 12.1 Å². The van der Waals surface area contributed by atoms with Gasteiger partial charge in [0.25, 0.3) is 0 Å². The summed E-state index contributed by atoms with van der Waals surface area (Å²) in [4.78, 5) is 19.4. The molecule has 1 aromatic rings. The Bertz CT molecular complexity index is 470. The Morgan fingerprint density at radius 3 is 2.86 bits per heavy atom. The molecule has 0 aromatic carbocycles. The Morgan fingerprint density at radius 1 is 1.45 bits per heavy atom. The van der Waals surface area contributed by atoms with E-state index < -0.39 is 5.60 Å². The summed E-state index contributed by atoms with van der Waals surface area (Å²) in [5, 5.41) is 3.66. The molecule has 124 valence electrons. The van der Waals surface area contributed by atoms with E-state index in [1.54, 1.807) is 11.3 Å². The van der Waals surface area contributed by atoms with Crippen molar-refractivity contribution in [2.45, 2.75) is 64.6 Å². The largest absolute Gasteiger partial charge is 0.444 e. The molecule has 2 atom stereocenters. The van der Waals surface area contributed by atoms with Gasteiger partial charge < -0.3 is 15.0 Å². The number of aromatic nitrogens is 1. The zero-order valence-electron chi connectivity index (χ0n) is 14.0. The SMILES string of the molecule is CC(NC1CCCN(C(=O)OC(C)(C)C)CC1)c1cncs1. The minimum Gasteiger partial charge on any atom is -0.444 e. The van der Waals surface area contributed by atoms with Crippen LogP contribution in [0.25, 0.3) is 0 Å². The first-order chi connectivity index (χ1) is 10.3. The standard InChI is InChI=1S/C16H27N3O2S/c1-12(14-10-17-11-22-14)18-13-6-5-8-19(9-7-13)15(20)21-16(2,3)4/h10-13,18H,5-9H2,1-4H3. The van der Waals surface area contributed by atoms with E-state index in [0.717, 1.165) is 32.4 Å². The van der Waals surface area contributed by atoms with Crippen molar-refractivity contribution >= 4 is 17.4 Å². The zero-order valence-corrected chi connectivity index (χ0v) is 14.8. The molecule has 1 fully saturated rings. The summed E-state index contributed by atoms with van der Waals surface area (Å²) in [5.74, 6) is 0. The molecule has 1 amide bonds. The first-order valence-electron chi connectivity index (χ1n) is 7.97. The molecule has 1 aliphatic heterocycles. The molecule has 0 saturated carbocycles. The maximum absolute atomic E-state index is 12.2. The number of carbonyl (C=O) groups is 1. The maximum atomic E-state index is 12.2. The average molecular weight is 325 g/mol. The summed E-state index contributed by atoms with van der Waals surface area (Å²) >= 11 is 1.68. The van der Waals surface area contributed by atoms with Gasteiger partial charge >= 0.3 is 6.09 Å². The number of carbonyl (C=O) groups excluding carboxylic acids is 1. The highest BCUT2D eigenvalue weighted by Crippen LogP contribution is 2.21. The number of amides is 1. The summed E-state index contributed by atoms with van der Waals surface area (Å²) in [6.07, 6.45) is 4.78. The second-order valence-corrected chi connectivity index (χ2v) is 7.81. The van der Waals surface area contributed by atoms with Crippen LogP contribution in [-0.4, -0.2) is 40.7 Å². The van der Waals surface area contributed by atoms with Gasteiger partial charge in [-0.15, -0.1) is 11.3 Å². The Kier molecular flexibility index (Phi) is 5.81. The van der Waals surface area contributed by atoms with E-state index >= 15 is 0 Å². The molecule has 1 aromatic heterocycles. The lowest BCUT2D eigenvalue weighted by Gasteiger charge is -2.26. The van der Waals surface area contributed by atoms with Crippen molar-refractivity contribution in [2.75, 3.05) is 13.1 Å². The van der Waals surface area contributed by atoms with E-state index in [2.05, 4.69) is 17.2 Å². The summed E-state index contributed by atoms with van der Waals surface area (Å²) in [6.45, 7) is 9.42. The molecule has 2 rings (SSSR count). The van der Waals surface area contributed by atoms with Crippen molar-refractivity contribution in [3.05, 3.63) is 16.6 Å². The molecule has 5 nitrogen and oxygen atoms in total. The Morgan fingerprint density at radius 2 is 2.23 bits per heavy atom. The molecule has 1 aliphatic rings. The Hall–Kier alpha value is -1.14. The van der Waals surface area contributed by atoms with Gasteiger partial charge in [-0.3, -0.25) is 4.98 Å². The van der Waals surface area contributed by atoms with Crippen LogP contribution in [0.15, 0.2) is 11.7 Å². The number of hydrogen-bond acceptors (Lipinski definition) is 5. The highest BCUT2D eigenvalue weighted by Gasteiger charge is 2.25. The highest BCUT2D eigenvalue weighted by molar-refractivity contribution is 7.09. The molecule has 2 unspecified atom stereocenters. The number of nitrogens with one attached hydrogen (secondary N) is 1. The van der Waals surface area contributed by atoms with E-state index in [1.165, 1.54) is 4.88 Å². The van der Waals surface area contributed by atoms with Gasteiger partial charge in [0.2, 0.25) is 0 Å². The van der Waals surface area contributed by atoms with Crippen molar-refractivity contribution in [3.8, 4) is 0 Å². The van der Waals surface area contributed by atoms with E-state index in [-0.39, 0.29) is 6.09 Å². The van der Waals surface area contributed by atoms with Gasteiger partial charge in [0.1, 0.15) is 5.60 Å². The number of hydrogen-bond donors (Lipinski definition) is 1. The van der Waals surface area contributed by atoms with Crippen molar-refractivity contribution in [3.63, 3.8) is 0 Å². The molecular weight excluding hydrogens is 298 g/mol. The number of ether oxygens (including phenoxy) is 1. The van der Waals surface area contributed by atoms with Crippen LogP contribution in [0.4, 0.5) is 4.79 Å². The summed E-state index contributed by atoms with van der Waals surface area (Å²) in [5.41, 5.74) is 1.44. The minimum atomic E-state index is -0.429. The van der Waals surface area contributed by atoms with Crippen molar-refractivity contribution in [1.29, 1.82) is 0 Å². The topological polar surface area (TPSA) is 54.5 Å². The van der Waals surface area contributed by atoms with Gasteiger partial charge in [0.05, 0.1) is 5.51 Å². The third kappa shape index (κ3) is 5.25. The van der Waals surface area contributed by atoms with E-state index in [4.69, 9.17) is 4.74 Å². The van der Waals surface area contributed by atoms with Gasteiger partial charge in [0.15, 0.2) is 0 Å². The predicted molar refractivity (Wildman–Crippen MR) is 89.1 cm³/mol. The molecule has 1 N–H and O–H groups in total. The molecule has 1 saturated heterocycles. The molecule has 2 heterocycles. The lowest BCUT2D eigenvalue weighted by Crippen LogP contribution is -2.38. The first kappa shape index (κ1) is 17.2. The van der Waals surface area contributed by atoms with Crippen LogP contribution in [0.3, 0.4) is 0 Å². The summed E-state index contributed by atoms with van der Waals surface area (Å²) in [6, 6.07) is 0.745. The fraction of sp³-hybridized carbons (Fsp3) is 0.750. The lowest BCUT2D eigenvalue weighted by molar-refractivity contribution is 0.0256. The molecule has 0 bridgehead atoms. The van der Waals surface area contributed by atoms with Gasteiger partial charge in [-0.25, -0.2) is 4.79 Å². The monoisotopic (exact) mass is 325 g/mol. The second-order valence-electron chi connectivity index (χ2n) is 6.89. The fourth-order valence-electron chi connectivity index (χ4n) is 2.65. The minimum absolute atomic E-state index is 0.191. The van der Waals surface area contributed by atoms with Crippen LogP contribution in [0, 0.1) is 0 Å². The predicted octanol–water partition coefficient (Wildman–Crippen LogP) is 3.58. The van der Waals surface area contributed by atoms with Gasteiger partial charge in [-0.1, -0.05) is 0 Å². The van der Waals surface area contributed by atoms with Crippen LogP contribution < -0.4 is 5.32 Å². The van der Waals surface area contributed by atoms with Crippen LogP contribution in [0.1, 0.15) is 57.9 Å². The Balaban J connectivity index is 1.83.